The van der Waals surface area contributed by atoms with Gasteiger partial charge < -0.3 is 20.5 Å². The molecule has 3 aromatic rings. The molecule has 0 unspecified atom stereocenters. The Balaban J connectivity index is 1.73. The molecule has 4 N–H and O–H groups in total. The van der Waals surface area contributed by atoms with Crippen LogP contribution in [-0.2, 0) is 25.4 Å². The van der Waals surface area contributed by atoms with Crippen LogP contribution in [0.5, 0.6) is 5.88 Å². The first kappa shape index (κ1) is 30.6. The van der Waals surface area contributed by atoms with Crippen LogP contribution in [0.2, 0.25) is 0 Å². The minimum Gasteiger partial charge on any atom is -0.474 e. The minimum atomic E-state index is -2.79. The number of pyridine rings is 3. The topological polar surface area (TPSA) is 153 Å². The molecule has 1 aliphatic rings. The molecule has 3 aromatic heterocycles. The highest BCUT2D eigenvalue weighted by molar-refractivity contribution is 7.93. The first-order chi connectivity index (χ1) is 18.9. The number of ether oxygens (including phenoxy) is 2. The maximum absolute atomic E-state index is 12.5. The quantitative estimate of drug-likeness (QED) is 0.266. The predicted octanol–water partition coefficient (Wildman–Crippen LogP) is 5.80. The highest BCUT2D eigenvalue weighted by Crippen LogP contribution is 2.38. The second kappa shape index (κ2) is 10.5. The maximum atomic E-state index is 12.5. The Morgan fingerprint density at radius 3 is 2.51 bits per heavy atom. The van der Waals surface area contributed by atoms with Gasteiger partial charge >= 0.3 is 5.97 Å². The van der Waals surface area contributed by atoms with Gasteiger partial charge in [0.25, 0.3) is 0 Å². The summed E-state index contributed by atoms with van der Waals surface area (Å²) >= 11 is 0. The van der Waals surface area contributed by atoms with Crippen molar-refractivity contribution in [2.24, 2.45) is 5.73 Å². The molecular weight excluding hydrogens is 540 g/mol. The number of rotatable bonds is 9. The largest absolute Gasteiger partial charge is 0.474 e. The zero-order chi connectivity index (χ0) is 30.5. The zero-order valence-electron chi connectivity index (χ0n) is 25.4. The van der Waals surface area contributed by atoms with Crippen LogP contribution in [0.3, 0.4) is 0 Å². The number of cyclic esters (lactones) is 1. The van der Waals surface area contributed by atoms with Crippen LogP contribution < -0.4 is 15.8 Å². The van der Waals surface area contributed by atoms with E-state index < -0.39 is 25.4 Å². The molecule has 0 fully saturated rings. The van der Waals surface area contributed by atoms with E-state index in [1.807, 2.05) is 61.5 Å². The summed E-state index contributed by atoms with van der Waals surface area (Å²) in [7, 11) is -2.79. The Bertz CT molecular complexity index is 1600. The van der Waals surface area contributed by atoms with E-state index in [1.165, 1.54) is 6.26 Å². The summed E-state index contributed by atoms with van der Waals surface area (Å²) in [5.41, 5.74) is 7.56. The van der Waals surface area contributed by atoms with Crippen LogP contribution in [-0.4, -0.2) is 48.3 Å². The molecule has 0 radical (unpaired) electrons. The lowest BCUT2D eigenvalue weighted by molar-refractivity contribution is 0.00864. The summed E-state index contributed by atoms with van der Waals surface area (Å²) in [6.07, 6.45) is 5.34. The van der Waals surface area contributed by atoms with Crippen LogP contribution in [0.4, 0.5) is 11.6 Å². The number of nitrogens with zero attached hydrogens (tertiary/aromatic N) is 3. The Kier molecular flexibility index (Phi) is 7.85. The number of nitrogens with one attached hydrogen (secondary N) is 2. The number of carbonyl (C=O) groups excluding carboxylic acids is 1. The molecule has 10 nitrogen and oxygen atoms in total. The van der Waals surface area contributed by atoms with Gasteiger partial charge in [-0.3, -0.25) is 4.78 Å². The van der Waals surface area contributed by atoms with Crippen molar-refractivity contribution in [1.29, 1.82) is 4.78 Å². The summed E-state index contributed by atoms with van der Waals surface area (Å²) < 4.78 is 31.5. The predicted molar refractivity (Wildman–Crippen MR) is 162 cm³/mol. The van der Waals surface area contributed by atoms with E-state index in [1.54, 1.807) is 24.5 Å². The van der Waals surface area contributed by atoms with Crippen LogP contribution in [0.15, 0.2) is 30.6 Å². The fourth-order valence-electron chi connectivity index (χ4n) is 4.88. The second-order valence-corrected chi connectivity index (χ2v) is 15.4. The number of anilines is 2. The van der Waals surface area contributed by atoms with E-state index in [4.69, 9.17) is 25.0 Å². The van der Waals surface area contributed by atoms with E-state index in [0.29, 0.717) is 47.0 Å². The van der Waals surface area contributed by atoms with Crippen molar-refractivity contribution in [2.45, 2.75) is 96.1 Å². The summed E-state index contributed by atoms with van der Waals surface area (Å²) in [6, 6.07) is 5.37. The maximum Gasteiger partial charge on any atom is 0.340 e. The number of fused-ring (bicyclic) bond motifs is 2. The van der Waals surface area contributed by atoms with Crippen molar-refractivity contribution in [3.05, 3.63) is 47.4 Å². The molecule has 4 atom stereocenters. The molecule has 222 valence electrons. The van der Waals surface area contributed by atoms with Crippen molar-refractivity contribution in [3.8, 4) is 5.88 Å². The molecule has 0 saturated carbocycles. The van der Waals surface area contributed by atoms with Gasteiger partial charge in [-0.15, -0.1) is 0 Å². The van der Waals surface area contributed by atoms with Gasteiger partial charge in [0.2, 0.25) is 5.88 Å². The monoisotopic (exact) mass is 582 g/mol. The fraction of sp³-hybridized carbons (Fsp3) is 0.533. The van der Waals surface area contributed by atoms with Crippen LogP contribution in [0.1, 0.15) is 89.8 Å². The number of hydrogen-bond acceptors (Lipinski definition) is 10. The van der Waals surface area contributed by atoms with Crippen LogP contribution in [0, 0.1) is 4.78 Å². The second-order valence-electron chi connectivity index (χ2n) is 12.6. The molecule has 4 heterocycles. The third-order valence-corrected chi connectivity index (χ3v) is 10.8. The molecule has 0 aromatic carbocycles. The average Bonchev–Trinajstić information content (AvgIpc) is 2.86. The number of esters is 1. The van der Waals surface area contributed by atoms with Crippen LogP contribution >= 0.6 is 0 Å². The van der Waals surface area contributed by atoms with Crippen LogP contribution in [0.25, 0.3) is 10.8 Å². The van der Waals surface area contributed by atoms with Gasteiger partial charge in [-0.05, 0) is 70.2 Å². The Morgan fingerprint density at radius 2 is 1.88 bits per heavy atom. The van der Waals surface area contributed by atoms with Gasteiger partial charge in [-0.2, -0.15) is 0 Å². The molecular formula is C30H42N6O4S. The van der Waals surface area contributed by atoms with Gasteiger partial charge in [0, 0.05) is 45.8 Å². The van der Waals surface area contributed by atoms with Crippen molar-refractivity contribution in [2.75, 3.05) is 11.6 Å². The summed E-state index contributed by atoms with van der Waals surface area (Å²) in [5.74, 6) is 1.13. The molecule has 0 spiro atoms. The molecule has 0 amide bonds. The summed E-state index contributed by atoms with van der Waals surface area (Å²) in [6.45, 7) is 15.4. The normalized spacial score (nSPS) is 20.3. The van der Waals surface area contributed by atoms with Gasteiger partial charge in [-0.1, -0.05) is 20.8 Å². The smallest absolute Gasteiger partial charge is 0.340 e. The van der Waals surface area contributed by atoms with Crippen molar-refractivity contribution in [1.82, 2.24) is 15.0 Å². The Labute approximate surface area is 242 Å². The molecule has 41 heavy (non-hydrogen) atoms. The third kappa shape index (κ3) is 5.88. The van der Waals surface area contributed by atoms with Crippen molar-refractivity contribution >= 4 is 38.1 Å². The van der Waals surface area contributed by atoms with Gasteiger partial charge in [-0.25, -0.2) is 24.0 Å². The summed E-state index contributed by atoms with van der Waals surface area (Å²) in [4.78, 5) is 26.5. The number of aromatic nitrogens is 3. The lowest BCUT2D eigenvalue weighted by atomic mass is 9.79. The number of hydrogen-bond donors (Lipinski definition) is 3. The lowest BCUT2D eigenvalue weighted by Crippen LogP contribution is -2.42. The standard InChI is InChI=1S/C30H42N6O4S/c1-10-30(8,31)22-16-34-26(39-17(2)14-28(4,5)41(9,32)38)21-15-33-24(13-20(21)22)35-23-12-11-19-25(36-23)29(6,7)18(3)40-27(19)37/h11-13,15-18,32H,10,14,31H2,1-9H3,(H,33,35,36)/t17-,18-,30+,41+/m0/s1. The first-order valence-electron chi connectivity index (χ1n) is 13.8. The van der Waals surface area contributed by atoms with Crippen molar-refractivity contribution < 1.29 is 18.5 Å². The molecule has 0 saturated heterocycles. The van der Waals surface area contributed by atoms with Gasteiger partial charge in [0.1, 0.15) is 17.7 Å². The lowest BCUT2D eigenvalue weighted by Gasteiger charge is -2.36. The Morgan fingerprint density at radius 1 is 1.20 bits per heavy atom. The van der Waals surface area contributed by atoms with E-state index >= 15 is 0 Å². The van der Waals surface area contributed by atoms with E-state index in [-0.39, 0.29) is 18.2 Å². The summed E-state index contributed by atoms with van der Waals surface area (Å²) in [5, 5.41) is 4.82. The molecule has 0 aliphatic carbocycles. The number of carbonyl (C=O) groups is 1. The number of nitrogens with two attached hydrogens (primary N) is 1. The molecule has 0 bridgehead atoms. The SMILES string of the molecule is CC[C@@](C)(N)c1cnc(O[C@@H](C)CC(C)(C)[S@](C)(=N)=O)c2cnc(Nc3ccc4c(n3)C(C)(C)[C@H](C)OC4=O)cc12. The van der Waals surface area contributed by atoms with E-state index in [0.717, 1.165) is 10.9 Å². The molecule has 11 heteroatoms. The van der Waals surface area contributed by atoms with Gasteiger partial charge in [0.05, 0.1) is 27.5 Å². The molecule has 4 rings (SSSR count). The fourth-order valence-corrected chi connectivity index (χ4v) is 5.43. The highest BCUT2D eigenvalue weighted by Gasteiger charge is 2.41. The third-order valence-electron chi connectivity index (χ3n) is 8.51. The highest BCUT2D eigenvalue weighted by atomic mass is 32.2. The Hall–Kier alpha value is -3.31. The van der Waals surface area contributed by atoms with E-state index in [2.05, 4.69) is 15.3 Å². The minimum absolute atomic E-state index is 0.313. The molecule has 1 aliphatic heterocycles. The van der Waals surface area contributed by atoms with E-state index in [9.17, 15) is 9.00 Å². The van der Waals surface area contributed by atoms with Gasteiger partial charge in [0.15, 0.2) is 0 Å². The average molecular weight is 583 g/mol. The van der Waals surface area contributed by atoms with Crippen molar-refractivity contribution in [3.63, 3.8) is 0 Å². The first-order valence-corrected chi connectivity index (χ1v) is 15.8. The zero-order valence-corrected chi connectivity index (χ0v) is 26.2.